The van der Waals surface area contributed by atoms with Gasteiger partial charge in [0, 0.05) is 36.4 Å². The van der Waals surface area contributed by atoms with Gasteiger partial charge in [-0.2, -0.15) is 5.10 Å². The summed E-state index contributed by atoms with van der Waals surface area (Å²) in [6, 6.07) is 7.96. The summed E-state index contributed by atoms with van der Waals surface area (Å²) in [6.45, 7) is 11.7. The molecule has 0 bridgehead atoms. The average Bonchev–Trinajstić information content (AvgIpc) is 2.96. The number of aromatic nitrogens is 2. The van der Waals surface area contributed by atoms with Gasteiger partial charge in [0.05, 0.1) is 17.8 Å². The third-order valence-electron chi connectivity index (χ3n) is 5.57. The molecule has 156 valence electrons. The Morgan fingerprint density at radius 3 is 2.59 bits per heavy atom. The van der Waals surface area contributed by atoms with Crippen LogP contribution in [0.15, 0.2) is 35.9 Å². The van der Waals surface area contributed by atoms with Gasteiger partial charge in [0.15, 0.2) is 0 Å². The van der Waals surface area contributed by atoms with E-state index in [1.165, 1.54) is 5.57 Å². The highest BCUT2D eigenvalue weighted by Gasteiger charge is 2.24. The molecule has 1 N–H and O–H groups in total. The molecule has 2 heterocycles. The highest BCUT2D eigenvalue weighted by atomic mass is 35.5. The number of likely N-dealkylation sites (tertiary alicyclic amines) is 1. The smallest absolute Gasteiger partial charge is 0.255 e. The predicted molar refractivity (Wildman–Crippen MR) is 119 cm³/mol. The number of allylic oxidation sites excluding steroid dienone is 1. The van der Waals surface area contributed by atoms with Crippen LogP contribution in [0.2, 0.25) is 5.02 Å². The third-order valence-corrected chi connectivity index (χ3v) is 5.94. The van der Waals surface area contributed by atoms with Crippen LogP contribution in [0.25, 0.3) is 0 Å². The minimum absolute atomic E-state index is 0.0202. The summed E-state index contributed by atoms with van der Waals surface area (Å²) in [7, 11) is 0. The zero-order valence-electron chi connectivity index (χ0n) is 17.8. The molecule has 1 fully saturated rings. The summed E-state index contributed by atoms with van der Waals surface area (Å²) in [5, 5.41) is 8.54. The van der Waals surface area contributed by atoms with E-state index < -0.39 is 0 Å². The molecule has 5 nitrogen and oxygen atoms in total. The van der Waals surface area contributed by atoms with Gasteiger partial charge in [-0.3, -0.25) is 14.4 Å². The molecule has 0 saturated carbocycles. The molecule has 1 aromatic heterocycles. The lowest BCUT2D eigenvalue weighted by Crippen LogP contribution is -2.44. The summed E-state index contributed by atoms with van der Waals surface area (Å²) in [5.41, 5.74) is 4.66. The number of nitrogens with one attached hydrogen (secondary N) is 1. The minimum atomic E-state index is -0.0202. The fourth-order valence-corrected chi connectivity index (χ4v) is 3.99. The Kier molecular flexibility index (Phi) is 7.14. The van der Waals surface area contributed by atoms with Crippen LogP contribution < -0.4 is 5.32 Å². The first-order valence-corrected chi connectivity index (χ1v) is 10.7. The average molecular weight is 415 g/mol. The van der Waals surface area contributed by atoms with E-state index in [-0.39, 0.29) is 11.9 Å². The maximum Gasteiger partial charge on any atom is 0.255 e. The number of nitrogens with zero attached hydrogens (tertiary/aromatic N) is 3. The highest BCUT2D eigenvalue weighted by Crippen LogP contribution is 2.20. The summed E-state index contributed by atoms with van der Waals surface area (Å²) in [5.74, 6) is -0.0202. The first-order chi connectivity index (χ1) is 13.8. The number of hydrogen-bond donors (Lipinski definition) is 1. The Morgan fingerprint density at radius 2 is 1.93 bits per heavy atom. The minimum Gasteiger partial charge on any atom is -0.349 e. The van der Waals surface area contributed by atoms with Crippen LogP contribution in [0.5, 0.6) is 0 Å². The first-order valence-electron chi connectivity index (χ1n) is 10.3. The van der Waals surface area contributed by atoms with E-state index in [1.54, 1.807) is 0 Å². The number of halogens is 1. The van der Waals surface area contributed by atoms with Crippen molar-refractivity contribution in [2.45, 2.75) is 53.1 Å². The molecular weight excluding hydrogens is 384 g/mol. The molecule has 29 heavy (non-hydrogen) atoms. The molecule has 1 saturated heterocycles. The van der Waals surface area contributed by atoms with Gasteiger partial charge in [-0.15, -0.1) is 0 Å². The van der Waals surface area contributed by atoms with Gasteiger partial charge < -0.3 is 5.32 Å². The molecule has 1 aromatic carbocycles. The number of amides is 1. The van der Waals surface area contributed by atoms with Gasteiger partial charge in [0.2, 0.25) is 0 Å². The Balaban J connectivity index is 1.62. The van der Waals surface area contributed by atoms with E-state index in [0.717, 1.165) is 49.4 Å². The monoisotopic (exact) mass is 414 g/mol. The summed E-state index contributed by atoms with van der Waals surface area (Å²) >= 11 is 6.29. The van der Waals surface area contributed by atoms with Crippen molar-refractivity contribution in [2.24, 2.45) is 0 Å². The van der Waals surface area contributed by atoms with Crippen LogP contribution in [-0.2, 0) is 6.54 Å². The number of aryl methyl sites for hydroxylation is 1. The quantitative estimate of drug-likeness (QED) is 0.714. The molecular formula is C23H31ClN4O. The van der Waals surface area contributed by atoms with Gasteiger partial charge in [-0.25, -0.2) is 0 Å². The standard InChI is InChI=1S/C23H31ClN4O/c1-16(2)9-12-27-13-10-20(11-14-27)25-23(29)22-17(3)26-28(18(22)4)15-19-7-5-6-8-21(19)24/h5-9,20H,10-15H2,1-4H3,(H,25,29). The predicted octanol–water partition coefficient (Wildman–Crippen LogP) is 4.36. The van der Waals surface area contributed by atoms with Crippen molar-refractivity contribution >= 4 is 17.5 Å². The third kappa shape index (κ3) is 5.49. The first kappa shape index (κ1) is 21.6. The molecule has 1 aliphatic heterocycles. The van der Waals surface area contributed by atoms with Crippen LogP contribution in [0.4, 0.5) is 0 Å². The number of rotatable bonds is 6. The topological polar surface area (TPSA) is 50.2 Å². The molecule has 0 unspecified atom stereocenters. The maximum atomic E-state index is 13.0. The van der Waals surface area contributed by atoms with Gasteiger partial charge in [0.1, 0.15) is 0 Å². The van der Waals surface area contributed by atoms with Crippen LogP contribution in [0.3, 0.4) is 0 Å². The van der Waals surface area contributed by atoms with Crippen LogP contribution >= 0.6 is 11.6 Å². The normalized spacial score (nSPS) is 15.3. The molecule has 1 aliphatic rings. The van der Waals surface area contributed by atoms with Crippen LogP contribution in [0.1, 0.15) is 54.0 Å². The van der Waals surface area contributed by atoms with Crippen molar-refractivity contribution in [2.75, 3.05) is 19.6 Å². The second kappa shape index (κ2) is 9.59. The summed E-state index contributed by atoms with van der Waals surface area (Å²) in [4.78, 5) is 15.4. The molecule has 1 amide bonds. The molecule has 3 rings (SSSR count). The van der Waals surface area contributed by atoms with Gasteiger partial charge >= 0.3 is 0 Å². The second-order valence-electron chi connectivity index (χ2n) is 8.12. The van der Waals surface area contributed by atoms with Gasteiger partial charge in [0.25, 0.3) is 5.91 Å². The van der Waals surface area contributed by atoms with E-state index in [2.05, 4.69) is 35.2 Å². The SMILES string of the molecule is CC(C)=CCN1CCC(NC(=O)c2c(C)nn(Cc3ccccc3Cl)c2C)CC1. The lowest BCUT2D eigenvalue weighted by Gasteiger charge is -2.31. The second-order valence-corrected chi connectivity index (χ2v) is 8.53. The van der Waals surface area contributed by atoms with Crippen molar-refractivity contribution in [1.29, 1.82) is 0 Å². The lowest BCUT2D eigenvalue weighted by molar-refractivity contribution is 0.0912. The summed E-state index contributed by atoms with van der Waals surface area (Å²) < 4.78 is 1.87. The van der Waals surface area contributed by atoms with E-state index >= 15 is 0 Å². The number of hydrogen-bond acceptors (Lipinski definition) is 3. The van der Waals surface area contributed by atoms with Gasteiger partial charge in [-0.1, -0.05) is 41.4 Å². The molecule has 0 radical (unpaired) electrons. The Bertz CT molecular complexity index is 890. The number of benzene rings is 1. The van der Waals surface area contributed by atoms with Crippen molar-refractivity contribution in [3.05, 3.63) is 63.5 Å². The molecule has 0 atom stereocenters. The number of carbonyl (C=O) groups is 1. The Morgan fingerprint density at radius 1 is 1.24 bits per heavy atom. The fourth-order valence-electron chi connectivity index (χ4n) is 3.80. The van der Waals surface area contributed by atoms with Gasteiger partial charge in [-0.05, 0) is 52.2 Å². The van der Waals surface area contributed by atoms with E-state index in [9.17, 15) is 4.79 Å². The zero-order valence-corrected chi connectivity index (χ0v) is 18.6. The van der Waals surface area contributed by atoms with E-state index in [1.807, 2.05) is 42.8 Å². The van der Waals surface area contributed by atoms with Crippen LogP contribution in [0, 0.1) is 13.8 Å². The number of carbonyl (C=O) groups excluding carboxylic acids is 1. The van der Waals surface area contributed by atoms with Crippen molar-refractivity contribution in [1.82, 2.24) is 20.0 Å². The molecule has 0 aliphatic carbocycles. The molecule has 0 spiro atoms. The van der Waals surface area contributed by atoms with Crippen molar-refractivity contribution < 1.29 is 4.79 Å². The fraction of sp³-hybridized carbons (Fsp3) is 0.478. The Hall–Kier alpha value is -2.11. The van der Waals surface area contributed by atoms with Crippen LogP contribution in [-0.4, -0.2) is 46.3 Å². The zero-order chi connectivity index (χ0) is 21.0. The van der Waals surface area contributed by atoms with Crippen molar-refractivity contribution in [3.63, 3.8) is 0 Å². The molecule has 2 aromatic rings. The Labute approximate surface area is 178 Å². The summed E-state index contributed by atoms with van der Waals surface area (Å²) in [6.07, 6.45) is 4.22. The van der Waals surface area contributed by atoms with E-state index in [0.29, 0.717) is 17.1 Å². The largest absolute Gasteiger partial charge is 0.349 e. The van der Waals surface area contributed by atoms with Crippen molar-refractivity contribution in [3.8, 4) is 0 Å². The van der Waals surface area contributed by atoms with E-state index in [4.69, 9.17) is 11.6 Å². The maximum absolute atomic E-state index is 13.0. The lowest BCUT2D eigenvalue weighted by atomic mass is 10.0. The number of piperidine rings is 1. The molecule has 6 heteroatoms. The highest BCUT2D eigenvalue weighted by molar-refractivity contribution is 6.31.